The second-order valence-corrected chi connectivity index (χ2v) is 7.52. The molecule has 1 fully saturated rings. The van der Waals surface area contributed by atoms with Crippen LogP contribution in [0.5, 0.6) is 5.75 Å². The van der Waals surface area contributed by atoms with E-state index >= 15 is 0 Å². The fourth-order valence-corrected chi connectivity index (χ4v) is 4.03. The molecule has 0 radical (unpaired) electrons. The van der Waals surface area contributed by atoms with Crippen LogP contribution in [-0.2, 0) is 14.8 Å². The van der Waals surface area contributed by atoms with E-state index in [4.69, 9.17) is 11.2 Å². The van der Waals surface area contributed by atoms with Crippen molar-refractivity contribution in [1.82, 2.24) is 4.31 Å². The zero-order chi connectivity index (χ0) is 18.5. The third kappa shape index (κ3) is 5.63. The molecule has 0 amide bonds. The van der Waals surface area contributed by atoms with E-state index in [0.717, 1.165) is 24.3 Å². The second kappa shape index (κ2) is 8.08. The van der Waals surface area contributed by atoms with Gasteiger partial charge in [-0.25, -0.2) is 8.42 Å². The summed E-state index contributed by atoms with van der Waals surface area (Å²) in [5, 5.41) is 0. The van der Waals surface area contributed by atoms with Crippen LogP contribution in [0.25, 0.3) is 0 Å². The Morgan fingerprint density at radius 3 is 2.32 bits per heavy atom. The van der Waals surface area contributed by atoms with Crippen LogP contribution in [0.2, 0.25) is 0 Å². The van der Waals surface area contributed by atoms with Crippen molar-refractivity contribution in [3.63, 3.8) is 0 Å². The highest BCUT2D eigenvalue weighted by atomic mass is 32.2. The summed E-state index contributed by atoms with van der Waals surface area (Å²) < 4.78 is 71.9. The minimum Gasteiger partial charge on any atom is -0.406 e. The molecule has 5 nitrogen and oxygen atoms in total. The van der Waals surface area contributed by atoms with E-state index in [2.05, 4.69) is 10.7 Å². The third-order valence-corrected chi connectivity index (χ3v) is 5.72. The molecule has 1 aliphatic rings. The van der Waals surface area contributed by atoms with Gasteiger partial charge in [-0.15, -0.1) is 19.6 Å². The predicted octanol–water partition coefficient (Wildman–Crippen LogP) is 2.64. The van der Waals surface area contributed by atoms with Crippen molar-refractivity contribution in [2.24, 2.45) is 5.92 Å². The van der Waals surface area contributed by atoms with Gasteiger partial charge in [0.05, 0.1) is 11.5 Å². The molecule has 0 atom stereocenters. The van der Waals surface area contributed by atoms with Crippen molar-refractivity contribution in [1.29, 1.82) is 0 Å². The molecule has 138 valence electrons. The number of terminal acetylenes is 1. The maximum atomic E-state index is 12.6. The van der Waals surface area contributed by atoms with Crippen molar-refractivity contribution in [3.05, 3.63) is 24.3 Å². The molecule has 9 heteroatoms. The first-order chi connectivity index (χ1) is 11.7. The Bertz CT molecular complexity index is 702. The van der Waals surface area contributed by atoms with Crippen molar-refractivity contribution >= 4 is 10.0 Å². The van der Waals surface area contributed by atoms with Crippen LogP contribution in [0.3, 0.4) is 0 Å². The van der Waals surface area contributed by atoms with Crippen LogP contribution in [0.4, 0.5) is 13.2 Å². The fraction of sp³-hybridized carbons (Fsp3) is 0.500. The topological polar surface area (TPSA) is 55.8 Å². The number of alkyl halides is 3. The molecule has 0 unspecified atom stereocenters. The Balaban J connectivity index is 1.97. The summed E-state index contributed by atoms with van der Waals surface area (Å²) in [6, 6.07) is 4.19. The number of rotatable bonds is 6. The van der Waals surface area contributed by atoms with Crippen LogP contribution in [0.15, 0.2) is 29.2 Å². The smallest absolute Gasteiger partial charge is 0.406 e. The molecule has 0 aromatic heterocycles. The Morgan fingerprint density at radius 2 is 1.80 bits per heavy atom. The average Bonchev–Trinajstić information content (AvgIpc) is 2.55. The van der Waals surface area contributed by atoms with Gasteiger partial charge in [0, 0.05) is 13.1 Å². The molecule has 1 aliphatic heterocycles. The van der Waals surface area contributed by atoms with Gasteiger partial charge in [-0.05, 0) is 43.0 Å². The summed E-state index contributed by atoms with van der Waals surface area (Å²) in [5.74, 6) is 2.15. The molecular formula is C16H18F3NO4S. The van der Waals surface area contributed by atoms with Crippen LogP contribution < -0.4 is 4.74 Å². The molecule has 2 rings (SSSR count). The van der Waals surface area contributed by atoms with E-state index < -0.39 is 22.1 Å². The maximum absolute atomic E-state index is 12.6. The number of sulfonamides is 1. The highest BCUT2D eigenvalue weighted by molar-refractivity contribution is 7.89. The summed E-state index contributed by atoms with van der Waals surface area (Å²) in [6.07, 6.45) is 1.56. The Hall–Kier alpha value is -1.76. The molecule has 0 N–H and O–H groups in total. The van der Waals surface area contributed by atoms with Crippen LogP contribution in [-0.4, -0.2) is 45.4 Å². The van der Waals surface area contributed by atoms with Crippen LogP contribution >= 0.6 is 0 Å². The van der Waals surface area contributed by atoms with Gasteiger partial charge in [0.25, 0.3) is 0 Å². The van der Waals surface area contributed by atoms with E-state index in [0.29, 0.717) is 32.5 Å². The van der Waals surface area contributed by atoms with Gasteiger partial charge in [-0.3, -0.25) is 0 Å². The molecule has 0 spiro atoms. The number of piperidine rings is 1. The average molecular weight is 377 g/mol. The highest BCUT2D eigenvalue weighted by Crippen LogP contribution is 2.27. The molecule has 1 heterocycles. The Morgan fingerprint density at radius 1 is 1.20 bits per heavy atom. The fourth-order valence-electron chi connectivity index (χ4n) is 2.56. The van der Waals surface area contributed by atoms with Crippen LogP contribution in [0, 0.1) is 18.3 Å². The second-order valence-electron chi connectivity index (χ2n) is 5.59. The number of nitrogens with zero attached hydrogens (tertiary/aromatic N) is 1. The summed E-state index contributed by atoms with van der Waals surface area (Å²) in [4.78, 5) is -0.0657. The molecule has 0 bridgehead atoms. The number of hydrogen-bond acceptors (Lipinski definition) is 4. The summed E-state index contributed by atoms with van der Waals surface area (Å²) in [6.45, 7) is 1.37. The van der Waals surface area contributed by atoms with Gasteiger partial charge in [-0.2, -0.15) is 4.31 Å². The Labute approximate surface area is 144 Å². The van der Waals surface area contributed by atoms with Gasteiger partial charge in [-0.1, -0.05) is 5.92 Å². The number of benzene rings is 1. The van der Waals surface area contributed by atoms with Crippen molar-refractivity contribution in [2.75, 3.05) is 26.3 Å². The van der Waals surface area contributed by atoms with E-state index in [1.54, 1.807) is 0 Å². The van der Waals surface area contributed by atoms with Crippen LogP contribution in [0.1, 0.15) is 12.8 Å². The predicted molar refractivity (Wildman–Crippen MR) is 84.3 cm³/mol. The lowest BCUT2D eigenvalue weighted by Gasteiger charge is -2.31. The number of halogens is 3. The van der Waals surface area contributed by atoms with Gasteiger partial charge < -0.3 is 9.47 Å². The standard InChI is InChI=1S/C16H18F3NO4S/c1-2-11-23-12-13-7-9-20(10-8-13)25(21,22)15-5-3-14(4-6-15)24-16(17,18)19/h1,3-6,13H,7-12H2. The minimum atomic E-state index is -4.82. The first-order valence-electron chi connectivity index (χ1n) is 7.59. The van der Waals surface area contributed by atoms with Gasteiger partial charge in [0.2, 0.25) is 10.0 Å². The summed E-state index contributed by atoms with van der Waals surface area (Å²) in [7, 11) is -3.75. The number of ether oxygens (including phenoxy) is 2. The first-order valence-corrected chi connectivity index (χ1v) is 9.03. The molecule has 0 saturated carbocycles. The zero-order valence-corrected chi connectivity index (χ0v) is 14.1. The van der Waals surface area contributed by atoms with Gasteiger partial charge in [0.15, 0.2) is 0 Å². The normalized spacial score (nSPS) is 17.2. The van der Waals surface area contributed by atoms with E-state index in [-0.39, 0.29) is 17.4 Å². The molecule has 1 saturated heterocycles. The van der Waals surface area contributed by atoms with Gasteiger partial charge >= 0.3 is 6.36 Å². The SMILES string of the molecule is C#CCOCC1CCN(S(=O)(=O)c2ccc(OC(F)(F)F)cc2)CC1. The monoisotopic (exact) mass is 377 g/mol. The molecular weight excluding hydrogens is 359 g/mol. The quantitative estimate of drug-likeness (QED) is 0.565. The minimum absolute atomic E-state index is 0.0657. The Kier molecular flexibility index (Phi) is 6.32. The maximum Gasteiger partial charge on any atom is 0.573 e. The lowest BCUT2D eigenvalue weighted by Crippen LogP contribution is -2.39. The molecule has 25 heavy (non-hydrogen) atoms. The third-order valence-electron chi connectivity index (χ3n) is 3.81. The zero-order valence-electron chi connectivity index (χ0n) is 13.3. The largest absolute Gasteiger partial charge is 0.573 e. The lowest BCUT2D eigenvalue weighted by atomic mass is 9.99. The van der Waals surface area contributed by atoms with E-state index in [1.807, 2.05) is 0 Å². The molecule has 1 aromatic carbocycles. The highest BCUT2D eigenvalue weighted by Gasteiger charge is 2.32. The molecule has 0 aliphatic carbocycles. The first kappa shape index (κ1) is 19.6. The van der Waals surface area contributed by atoms with E-state index in [9.17, 15) is 21.6 Å². The van der Waals surface area contributed by atoms with Gasteiger partial charge in [0.1, 0.15) is 12.4 Å². The van der Waals surface area contributed by atoms with Crippen molar-refractivity contribution < 1.29 is 31.1 Å². The van der Waals surface area contributed by atoms with Crippen molar-refractivity contribution in [3.8, 4) is 18.1 Å². The molecule has 1 aromatic rings. The van der Waals surface area contributed by atoms with E-state index in [1.165, 1.54) is 4.31 Å². The summed E-state index contributed by atoms with van der Waals surface area (Å²) >= 11 is 0. The lowest BCUT2D eigenvalue weighted by molar-refractivity contribution is -0.274. The van der Waals surface area contributed by atoms with Crippen molar-refractivity contribution in [2.45, 2.75) is 24.1 Å². The summed E-state index contributed by atoms with van der Waals surface area (Å²) in [5.41, 5.74) is 0. The number of hydrogen-bond donors (Lipinski definition) is 0.